The Kier molecular flexibility index (Phi) is 40.3. The van der Waals surface area contributed by atoms with Crippen molar-refractivity contribution in [3.8, 4) is 17.2 Å². The molecule has 0 heterocycles. The van der Waals surface area contributed by atoms with Gasteiger partial charge >= 0.3 is 199 Å². The fraction of sp³-hybridized carbons (Fsp3) is 0.532. The molecule has 0 unspecified atom stereocenters. The molecule has 7 nitrogen and oxygen atoms in total. The molecule has 2 rings (SSSR count). The van der Waals surface area contributed by atoms with Gasteiger partial charge in [-0.1, -0.05) is 110 Å². The van der Waals surface area contributed by atoms with E-state index >= 15 is 0 Å². The molecule has 0 aromatic heterocycles. The molecular formula is C77H112Cl2O7Ru. The van der Waals surface area contributed by atoms with Gasteiger partial charge in [0.2, 0.25) is 0 Å². The molecular weight excluding hydrogens is 1210 g/mol. The standard InChI is InChI=1S/C77H112O7.2ClH.Ru/c1-55(2)28-19-29-57(5)30-20-31-58(6)32-21-33-59(7)34-22-35-60(8)36-23-37-61(9)38-24-39-62(10)40-25-41-63(11)42-26-43-64(12)44-27-45-65(13)46-49-72-69(17)76(84-75(80)53-71(78)54-81-18)67(15)68(16)77(72)83-74(79)51-48-70-47-50-73(66(14)52-70)82-56(3)4;;;/h14,28,30,32,34,36,38,40,42,44,46-47,50,52,56H,19-27,29,31,33,35,37,39,41,43,45,48-49,51,53-54H2,1-13,15-18H3;2*1H;/q;;;+2/p-2/b57-30+,58-32+,59-34+,60-36+,61-38+,62-40+,63-42+,64-44+,65-46+;;;. The molecule has 484 valence electrons. The minimum atomic E-state index is -2.14. The van der Waals surface area contributed by atoms with Gasteiger partial charge in [-0.3, -0.25) is 9.59 Å². The quantitative estimate of drug-likeness (QED) is 0.0215. The molecule has 0 saturated heterocycles. The number of hydrogen-bond acceptors (Lipinski definition) is 7. The zero-order valence-electron chi connectivity index (χ0n) is 56.9. The molecule has 0 spiro atoms. The molecule has 0 aliphatic rings. The summed E-state index contributed by atoms with van der Waals surface area (Å²) in [7, 11) is 13.9. The summed E-state index contributed by atoms with van der Waals surface area (Å²) in [6, 6.07) is 5.80. The second-order valence-corrected chi connectivity index (χ2v) is 30.5. The van der Waals surface area contributed by atoms with Crippen LogP contribution in [0.1, 0.15) is 252 Å². The Morgan fingerprint density at radius 3 is 1.22 bits per heavy atom. The molecule has 0 aliphatic carbocycles. The van der Waals surface area contributed by atoms with E-state index in [0.717, 1.165) is 126 Å². The third-order valence-corrected chi connectivity index (χ3v) is 17.5. The molecule has 0 bridgehead atoms. The van der Waals surface area contributed by atoms with Crippen LogP contribution in [0.15, 0.2) is 135 Å². The number of halogens is 2. The number of allylic oxidation sites excluding steroid dienone is 20. The van der Waals surface area contributed by atoms with E-state index in [4.69, 9.17) is 38.3 Å². The molecule has 0 N–H and O–H groups in total. The zero-order chi connectivity index (χ0) is 64.8. The summed E-state index contributed by atoms with van der Waals surface area (Å²) in [6.07, 6.45) is 44.1. The van der Waals surface area contributed by atoms with Crippen molar-refractivity contribution in [2.75, 3.05) is 13.7 Å². The average molecular weight is 1320 g/mol. The first-order valence-corrected chi connectivity index (χ1v) is 37.5. The molecule has 2 aromatic rings. The van der Waals surface area contributed by atoms with Gasteiger partial charge < -0.3 is 9.47 Å². The third-order valence-electron chi connectivity index (χ3n) is 15.6. The second-order valence-electron chi connectivity index (χ2n) is 24.7. The number of esters is 2. The van der Waals surface area contributed by atoms with E-state index in [-0.39, 0.29) is 30.9 Å². The van der Waals surface area contributed by atoms with Crippen LogP contribution in [0.25, 0.3) is 0 Å². The summed E-state index contributed by atoms with van der Waals surface area (Å²) < 4.78 is 24.8. The molecule has 87 heavy (non-hydrogen) atoms. The number of hydrogen-bond donors (Lipinski definition) is 0. The van der Waals surface area contributed by atoms with E-state index in [2.05, 4.69) is 137 Å². The third kappa shape index (κ3) is 35.9. The van der Waals surface area contributed by atoms with Crippen molar-refractivity contribution in [2.45, 2.75) is 258 Å². The van der Waals surface area contributed by atoms with Crippen molar-refractivity contribution in [1.29, 1.82) is 0 Å². The van der Waals surface area contributed by atoms with Crippen LogP contribution in [0, 0.1) is 20.8 Å². The SMILES string of the molecule is COCC(=O)CC(=O)Oc1c(C)c(C)c(OC(=O)CCc2ccc(OC(C)C)c([CH]=[Ru]([Cl])[Cl])c2)c(C/C=C(\C)CC/C=C(\C)CC/C=C(\C)CC/C=C(\C)CC/C=C(\C)CC/C=C(\C)CC/C=C(\C)CC/C=C(\C)CC/C=C(\C)CCC=C(C)C)c1C. The van der Waals surface area contributed by atoms with Crippen molar-refractivity contribution in [3.63, 3.8) is 0 Å². The topological polar surface area (TPSA) is 88.1 Å². The number of ketones is 1. The number of aryl methyl sites for hydroxylation is 1. The van der Waals surface area contributed by atoms with Crippen molar-refractivity contribution >= 4 is 41.7 Å². The Balaban J connectivity index is 1.89. The Bertz CT molecular complexity index is 2890. The van der Waals surface area contributed by atoms with E-state index in [1.807, 2.05) is 57.4 Å². The van der Waals surface area contributed by atoms with E-state index in [1.54, 1.807) is 0 Å². The number of rotatable bonds is 41. The summed E-state index contributed by atoms with van der Waals surface area (Å²) in [5.41, 5.74) is 18.9. The fourth-order valence-electron chi connectivity index (χ4n) is 10.1. The number of ether oxygens (including phenoxy) is 4. The number of carbonyl (C=O) groups excluding carboxylic acids is 3. The predicted molar refractivity (Wildman–Crippen MR) is 371 cm³/mol. The van der Waals surface area contributed by atoms with Gasteiger partial charge in [0.1, 0.15) is 13.0 Å². The van der Waals surface area contributed by atoms with E-state index in [9.17, 15) is 14.4 Å². The average Bonchev–Trinajstić information content (AvgIpc) is 3.19. The Hall–Kier alpha value is -4.72. The monoisotopic (exact) mass is 1320 g/mol. The summed E-state index contributed by atoms with van der Waals surface area (Å²) in [5.74, 6) is 0.101. The van der Waals surface area contributed by atoms with Crippen LogP contribution >= 0.6 is 19.4 Å². The summed E-state index contributed by atoms with van der Waals surface area (Å²) in [6.45, 7) is 34.0. The Morgan fingerprint density at radius 1 is 0.483 bits per heavy atom. The molecule has 0 radical (unpaired) electrons. The molecule has 0 fully saturated rings. The summed E-state index contributed by atoms with van der Waals surface area (Å²) in [5, 5.41) is 0. The maximum atomic E-state index is 13.7. The first-order valence-electron chi connectivity index (χ1n) is 32.0. The van der Waals surface area contributed by atoms with Crippen LogP contribution in [-0.4, -0.2) is 42.2 Å². The van der Waals surface area contributed by atoms with Crippen LogP contribution in [-0.2, 0) is 45.5 Å². The number of methoxy groups -OCH3 is 1. The molecule has 0 saturated carbocycles. The van der Waals surface area contributed by atoms with E-state index < -0.39 is 25.9 Å². The number of carbonyl (C=O) groups is 3. The Labute approximate surface area is 542 Å². The van der Waals surface area contributed by atoms with Gasteiger partial charge in [-0.05, 0) is 192 Å². The minimum absolute atomic E-state index is 0.0248. The fourth-order valence-corrected chi connectivity index (χ4v) is 11.8. The van der Waals surface area contributed by atoms with Crippen LogP contribution in [0.3, 0.4) is 0 Å². The Morgan fingerprint density at radius 2 is 0.851 bits per heavy atom. The van der Waals surface area contributed by atoms with Crippen LogP contribution in [0.2, 0.25) is 0 Å². The predicted octanol–water partition coefficient (Wildman–Crippen LogP) is 22.6. The summed E-state index contributed by atoms with van der Waals surface area (Å²) >= 11 is -2.14. The van der Waals surface area contributed by atoms with Crippen LogP contribution in [0.5, 0.6) is 17.2 Å². The van der Waals surface area contributed by atoms with E-state index in [1.165, 1.54) is 69.3 Å². The van der Waals surface area contributed by atoms with Gasteiger partial charge in [-0.2, -0.15) is 0 Å². The zero-order valence-corrected chi connectivity index (χ0v) is 60.1. The molecule has 0 amide bonds. The van der Waals surface area contributed by atoms with Crippen molar-refractivity contribution < 1.29 is 46.8 Å². The van der Waals surface area contributed by atoms with Gasteiger partial charge in [0.25, 0.3) is 0 Å². The maximum absolute atomic E-state index is 13.7. The normalized spacial score (nSPS) is 13.6. The van der Waals surface area contributed by atoms with Crippen molar-refractivity contribution in [3.05, 3.63) is 168 Å². The molecule has 10 heteroatoms. The second kappa shape index (κ2) is 44.7. The van der Waals surface area contributed by atoms with Gasteiger partial charge in [-0.25, -0.2) is 0 Å². The number of benzene rings is 2. The summed E-state index contributed by atoms with van der Waals surface area (Å²) in [4.78, 5) is 38.9. The van der Waals surface area contributed by atoms with Crippen LogP contribution in [0.4, 0.5) is 0 Å². The van der Waals surface area contributed by atoms with E-state index in [0.29, 0.717) is 46.8 Å². The van der Waals surface area contributed by atoms with Gasteiger partial charge in [-0.15, -0.1) is 0 Å². The van der Waals surface area contributed by atoms with Gasteiger partial charge in [0, 0.05) is 7.11 Å². The first-order chi connectivity index (χ1) is 41.3. The number of Topliss-reactive ketones (excluding diaryl/α,β-unsaturated/α-hetero) is 1. The molecule has 0 aliphatic heterocycles. The molecule has 0 atom stereocenters. The van der Waals surface area contributed by atoms with Crippen molar-refractivity contribution in [1.82, 2.24) is 0 Å². The van der Waals surface area contributed by atoms with Gasteiger partial charge in [0.15, 0.2) is 5.78 Å². The first kappa shape index (κ1) is 78.4. The van der Waals surface area contributed by atoms with Crippen LogP contribution < -0.4 is 14.2 Å². The van der Waals surface area contributed by atoms with Gasteiger partial charge in [0.05, 0.1) is 0 Å². The molecule has 2 aromatic carbocycles. The van der Waals surface area contributed by atoms with Crippen molar-refractivity contribution in [2.24, 2.45) is 0 Å².